The summed E-state index contributed by atoms with van der Waals surface area (Å²) in [6, 6.07) is 0. The van der Waals surface area contributed by atoms with Gasteiger partial charge in [-0.2, -0.15) is 0 Å². The van der Waals surface area contributed by atoms with Crippen LogP contribution in [0.3, 0.4) is 0 Å². The Hall–Kier alpha value is -2.63. The lowest BCUT2D eigenvalue weighted by molar-refractivity contribution is -0.138. The molecule has 6 heteroatoms. The smallest absolute Gasteiger partial charge is 0.330 e. The lowest BCUT2D eigenvalue weighted by atomic mass is 10.1. The topological polar surface area (TPSA) is 89.9 Å². The van der Waals surface area contributed by atoms with Gasteiger partial charge < -0.3 is 14.6 Å². The quantitative estimate of drug-likeness (QED) is 0.134. The molecule has 0 bridgehead atoms. The van der Waals surface area contributed by atoms with Gasteiger partial charge in [-0.15, -0.1) is 0 Å². The molecule has 31 heavy (non-hydrogen) atoms. The van der Waals surface area contributed by atoms with Crippen molar-refractivity contribution < 1.29 is 29.0 Å². The van der Waals surface area contributed by atoms with Gasteiger partial charge in [0.1, 0.15) is 6.61 Å². The Balaban J connectivity index is -0.000000461. The molecule has 6 nitrogen and oxygen atoms in total. The minimum atomic E-state index is -0.935. The summed E-state index contributed by atoms with van der Waals surface area (Å²) in [7, 11) is 0. The van der Waals surface area contributed by atoms with Gasteiger partial charge in [0.05, 0.1) is 6.61 Å². The number of esters is 2. The molecule has 0 atom stereocenters. The maximum Gasteiger partial charge on any atom is 0.330 e. The first kappa shape index (κ1) is 33.0. The highest BCUT2D eigenvalue weighted by Crippen LogP contribution is 2.10. The number of hydrogen-bond donors (Lipinski definition) is 1. The van der Waals surface area contributed by atoms with Crippen LogP contribution in [0.5, 0.6) is 0 Å². The zero-order valence-corrected chi connectivity index (χ0v) is 19.5. The number of carbonyl (C=O) groups is 3. The zero-order valence-electron chi connectivity index (χ0n) is 19.5. The molecule has 0 heterocycles. The van der Waals surface area contributed by atoms with Gasteiger partial charge in [-0.3, -0.25) is 0 Å². The molecule has 0 fully saturated rings. The molecular weight excluding hydrogens is 396 g/mol. The molecule has 0 amide bonds. The normalized spacial score (nSPS) is 8.97. The second-order valence-electron chi connectivity index (χ2n) is 6.76. The van der Waals surface area contributed by atoms with Gasteiger partial charge in [-0.1, -0.05) is 97.1 Å². The van der Waals surface area contributed by atoms with Crippen molar-refractivity contribution in [3.8, 4) is 0 Å². The third-order valence-electron chi connectivity index (χ3n) is 3.78. The van der Waals surface area contributed by atoms with E-state index >= 15 is 0 Å². The van der Waals surface area contributed by atoms with Crippen molar-refractivity contribution in [1.82, 2.24) is 0 Å². The van der Waals surface area contributed by atoms with E-state index in [9.17, 15) is 14.4 Å². The average Bonchev–Trinajstić information content (AvgIpc) is 2.76. The highest BCUT2D eigenvalue weighted by Gasteiger charge is 1.95. The van der Waals surface area contributed by atoms with Gasteiger partial charge in [0.25, 0.3) is 0 Å². The molecule has 0 saturated heterocycles. The van der Waals surface area contributed by atoms with E-state index < -0.39 is 11.9 Å². The molecule has 178 valence electrons. The van der Waals surface area contributed by atoms with Crippen LogP contribution in [0.1, 0.15) is 78.1 Å². The largest absolute Gasteiger partial charge is 0.478 e. The summed E-state index contributed by atoms with van der Waals surface area (Å²) in [4.78, 5) is 30.5. The molecule has 0 spiro atoms. The molecule has 1 N–H and O–H groups in total. The fraction of sp³-hybridized carbons (Fsp3) is 0.560. The first-order chi connectivity index (χ1) is 14.8. The van der Waals surface area contributed by atoms with Gasteiger partial charge in [0, 0.05) is 17.7 Å². The molecule has 0 unspecified atom stereocenters. The predicted molar refractivity (Wildman–Crippen MR) is 127 cm³/mol. The number of carboxylic acid groups (broad SMARTS) is 1. The Morgan fingerprint density at radius 3 is 1.52 bits per heavy atom. The van der Waals surface area contributed by atoms with Crippen LogP contribution in [0.4, 0.5) is 0 Å². The third kappa shape index (κ3) is 35.2. The first-order valence-corrected chi connectivity index (χ1v) is 10.8. The summed E-state index contributed by atoms with van der Waals surface area (Å²) in [5.41, 5.74) is 0.176. The summed E-state index contributed by atoms with van der Waals surface area (Å²) >= 11 is 0. The summed E-state index contributed by atoms with van der Waals surface area (Å²) in [6.07, 6.45) is 16.8. The Morgan fingerprint density at radius 1 is 0.774 bits per heavy atom. The number of unbranched alkanes of at least 4 members (excludes halogenated alkanes) is 9. The van der Waals surface area contributed by atoms with Crippen LogP contribution >= 0.6 is 0 Å². The molecule has 0 saturated carbocycles. The number of hydrogen-bond acceptors (Lipinski definition) is 5. The summed E-state index contributed by atoms with van der Waals surface area (Å²) < 4.78 is 9.37. The highest BCUT2D eigenvalue weighted by molar-refractivity contribution is 5.84. The second-order valence-corrected chi connectivity index (χ2v) is 6.76. The second kappa shape index (κ2) is 27.4. The summed E-state index contributed by atoms with van der Waals surface area (Å²) in [5.74, 6) is -1.65. The van der Waals surface area contributed by atoms with Crippen LogP contribution < -0.4 is 0 Å². The molecule has 0 aliphatic carbocycles. The Bertz CT molecular complexity index is 510. The molecule has 0 aliphatic rings. The number of carboxylic acids is 1. The van der Waals surface area contributed by atoms with E-state index in [1.54, 1.807) is 0 Å². The Kier molecular flexibility index (Phi) is 29.2. The Labute approximate surface area is 188 Å². The lowest BCUT2D eigenvalue weighted by Crippen LogP contribution is -2.01. The van der Waals surface area contributed by atoms with Crippen LogP contribution in [0.15, 0.2) is 50.1 Å². The number of ether oxygens (including phenoxy) is 2. The maximum absolute atomic E-state index is 10.7. The van der Waals surface area contributed by atoms with Crippen molar-refractivity contribution in [2.75, 3.05) is 13.2 Å². The molecule has 0 aromatic rings. The first-order valence-electron chi connectivity index (χ1n) is 10.8. The van der Waals surface area contributed by atoms with Crippen molar-refractivity contribution in [2.45, 2.75) is 78.1 Å². The van der Waals surface area contributed by atoms with Gasteiger partial charge in [-0.05, 0) is 13.3 Å². The maximum atomic E-state index is 10.7. The fourth-order valence-corrected chi connectivity index (χ4v) is 2.02. The van der Waals surface area contributed by atoms with Crippen molar-refractivity contribution in [3.05, 3.63) is 50.1 Å². The Morgan fingerprint density at radius 2 is 1.16 bits per heavy atom. The minimum absolute atomic E-state index is 0.176. The molecular formula is C25H42O6. The predicted octanol–water partition coefficient (Wildman–Crippen LogP) is 6.19. The van der Waals surface area contributed by atoms with Crippen LogP contribution in [0.2, 0.25) is 0 Å². The van der Waals surface area contributed by atoms with E-state index in [2.05, 4.69) is 38.0 Å². The van der Waals surface area contributed by atoms with E-state index in [-0.39, 0.29) is 18.1 Å². The molecule has 0 aromatic carbocycles. The van der Waals surface area contributed by atoms with E-state index in [1.807, 2.05) is 0 Å². The van der Waals surface area contributed by atoms with Crippen LogP contribution in [0, 0.1) is 0 Å². The average molecular weight is 439 g/mol. The number of rotatable bonds is 16. The van der Waals surface area contributed by atoms with Crippen molar-refractivity contribution >= 4 is 17.9 Å². The summed E-state index contributed by atoms with van der Waals surface area (Å²) in [5, 5.41) is 7.89. The van der Waals surface area contributed by atoms with Crippen LogP contribution in [0.25, 0.3) is 0 Å². The van der Waals surface area contributed by atoms with E-state index in [1.165, 1.54) is 76.9 Å². The number of carbonyl (C=O) groups excluding carboxylic acids is 2. The zero-order chi connectivity index (χ0) is 24.3. The van der Waals surface area contributed by atoms with Gasteiger partial charge in [-0.25, -0.2) is 14.4 Å². The monoisotopic (exact) mass is 438 g/mol. The van der Waals surface area contributed by atoms with Crippen LogP contribution in [-0.4, -0.2) is 36.2 Å². The van der Waals surface area contributed by atoms with Gasteiger partial charge in [0.15, 0.2) is 0 Å². The lowest BCUT2D eigenvalue weighted by Gasteiger charge is -2.03. The highest BCUT2D eigenvalue weighted by atomic mass is 16.5. The van der Waals surface area contributed by atoms with Crippen molar-refractivity contribution in [2.24, 2.45) is 0 Å². The van der Waals surface area contributed by atoms with Gasteiger partial charge in [0.2, 0.25) is 0 Å². The SMILES string of the molecule is C=C(C)C(=O)O.C=CC(=O)OCCCCCCCCCCCC.C=CCOC(=O)C=C. The summed E-state index contributed by atoms with van der Waals surface area (Å²) in [6.45, 7) is 17.6. The van der Waals surface area contributed by atoms with Crippen molar-refractivity contribution in [3.63, 3.8) is 0 Å². The number of aliphatic carboxylic acids is 1. The third-order valence-corrected chi connectivity index (χ3v) is 3.78. The molecule has 0 rings (SSSR count). The van der Waals surface area contributed by atoms with Crippen LogP contribution in [-0.2, 0) is 23.9 Å². The van der Waals surface area contributed by atoms with Gasteiger partial charge >= 0.3 is 17.9 Å². The fourth-order valence-electron chi connectivity index (χ4n) is 2.02. The standard InChI is InChI=1S/C15H28O2.C6H8O2.C4H6O2/c1-3-5-6-7-8-9-10-11-12-13-14-17-15(16)4-2;1-3-5-8-6(7)4-2;1-3(2)4(5)6/h4H,2-3,5-14H2,1H3;3-4H,1-2,5H2;1H2,2H3,(H,5,6). The minimum Gasteiger partial charge on any atom is -0.478 e. The van der Waals surface area contributed by atoms with E-state index in [4.69, 9.17) is 9.84 Å². The molecule has 0 aromatic heterocycles. The van der Waals surface area contributed by atoms with E-state index in [0.29, 0.717) is 6.61 Å². The molecule has 0 aliphatic heterocycles. The van der Waals surface area contributed by atoms with Crippen molar-refractivity contribution in [1.29, 1.82) is 0 Å². The molecule has 0 radical (unpaired) electrons. The van der Waals surface area contributed by atoms with E-state index in [0.717, 1.165) is 12.5 Å².